The van der Waals surface area contributed by atoms with Gasteiger partial charge >= 0.3 is 6.09 Å². The van der Waals surface area contributed by atoms with Gasteiger partial charge in [0.2, 0.25) is 0 Å². The first-order chi connectivity index (χ1) is 14.8. The molecule has 4 atom stereocenters. The molecule has 2 aromatic rings. The molecule has 1 N–H and O–H groups in total. The molecule has 7 heteroatoms. The summed E-state index contributed by atoms with van der Waals surface area (Å²) >= 11 is 0. The molecule has 2 heterocycles. The Morgan fingerprint density at radius 2 is 1.94 bits per heavy atom. The summed E-state index contributed by atoms with van der Waals surface area (Å²) in [5, 5.41) is 7.59. The number of hydrogen-bond acceptors (Lipinski definition) is 4. The van der Waals surface area contributed by atoms with Gasteiger partial charge < -0.3 is 10.1 Å². The van der Waals surface area contributed by atoms with E-state index < -0.39 is 5.60 Å². The minimum absolute atomic E-state index is 0.0757. The fraction of sp³-hybridized carbons (Fsp3) is 0.583. The Morgan fingerprint density at radius 3 is 2.61 bits per heavy atom. The highest BCUT2D eigenvalue weighted by Crippen LogP contribution is 2.44. The van der Waals surface area contributed by atoms with Crippen LogP contribution >= 0.6 is 0 Å². The topological polar surface area (TPSA) is 59.4 Å². The molecule has 168 valence electrons. The quantitative estimate of drug-likeness (QED) is 0.779. The number of ether oxygens (including phenoxy) is 1. The third kappa shape index (κ3) is 5.45. The second-order valence-corrected chi connectivity index (χ2v) is 9.82. The van der Waals surface area contributed by atoms with Crippen LogP contribution in [-0.2, 0) is 4.74 Å². The Kier molecular flexibility index (Phi) is 6.32. The van der Waals surface area contributed by atoms with Crippen molar-refractivity contribution in [2.75, 3.05) is 13.1 Å². The molecule has 1 aliphatic carbocycles. The van der Waals surface area contributed by atoms with E-state index in [1.165, 1.54) is 5.56 Å². The summed E-state index contributed by atoms with van der Waals surface area (Å²) in [7, 11) is 0. The highest BCUT2D eigenvalue weighted by atomic mass is 19.1. The lowest BCUT2D eigenvalue weighted by Gasteiger charge is -2.39. The number of rotatable bonds is 4. The van der Waals surface area contributed by atoms with Gasteiger partial charge in [0.25, 0.3) is 0 Å². The van der Waals surface area contributed by atoms with E-state index in [0.29, 0.717) is 12.0 Å². The summed E-state index contributed by atoms with van der Waals surface area (Å²) < 4.78 is 20.9. The van der Waals surface area contributed by atoms with Crippen molar-refractivity contribution in [3.8, 4) is 0 Å². The molecular weight excluding hydrogens is 395 g/mol. The lowest BCUT2D eigenvalue weighted by molar-refractivity contribution is 0.0442. The van der Waals surface area contributed by atoms with Gasteiger partial charge in [0, 0.05) is 31.0 Å². The van der Waals surface area contributed by atoms with Crippen molar-refractivity contribution in [2.24, 2.45) is 0 Å². The first kappa shape index (κ1) is 21.8. The summed E-state index contributed by atoms with van der Waals surface area (Å²) in [5.74, 6) is 0.160. The van der Waals surface area contributed by atoms with Gasteiger partial charge in [-0.15, -0.1) is 0 Å². The van der Waals surface area contributed by atoms with Crippen molar-refractivity contribution in [1.29, 1.82) is 0 Å². The Morgan fingerprint density at radius 1 is 1.19 bits per heavy atom. The van der Waals surface area contributed by atoms with Crippen molar-refractivity contribution in [1.82, 2.24) is 20.0 Å². The number of benzene rings is 1. The van der Waals surface area contributed by atoms with Crippen LogP contribution in [0.4, 0.5) is 9.18 Å². The van der Waals surface area contributed by atoms with E-state index in [1.54, 1.807) is 12.1 Å². The number of amides is 1. The summed E-state index contributed by atoms with van der Waals surface area (Å²) in [5.41, 5.74) is 0.679. The standard InChI is InChI=1S/C24H33FN4O2/c1-24(2,3)31-23(30)27-20-6-4-12-28(16-20)21-14-18(17-7-9-19(25)10-8-17)15-22(21)29-13-5-11-26-29/h5,7-11,13,18,20-22H,4,6,12,14-16H2,1-3H3,(H,27,30)/t18?,20-,21?,22?/m1/s1. The first-order valence-electron chi connectivity index (χ1n) is 11.3. The maximum absolute atomic E-state index is 13.4. The number of aromatic nitrogens is 2. The van der Waals surface area contributed by atoms with Crippen LogP contribution in [0.1, 0.15) is 64.0 Å². The third-order valence-corrected chi connectivity index (χ3v) is 6.34. The number of carbonyl (C=O) groups is 1. The van der Waals surface area contributed by atoms with Crippen molar-refractivity contribution in [3.05, 3.63) is 54.1 Å². The minimum Gasteiger partial charge on any atom is -0.444 e. The number of nitrogens with zero attached hydrogens (tertiary/aromatic N) is 3. The highest BCUT2D eigenvalue weighted by molar-refractivity contribution is 5.68. The second-order valence-electron chi connectivity index (χ2n) is 9.82. The fourth-order valence-corrected chi connectivity index (χ4v) is 5.05. The van der Waals surface area contributed by atoms with Gasteiger partial charge in [-0.25, -0.2) is 9.18 Å². The number of halogens is 1. The van der Waals surface area contributed by atoms with Gasteiger partial charge in [0.15, 0.2) is 0 Å². The Labute approximate surface area is 183 Å². The fourth-order valence-electron chi connectivity index (χ4n) is 5.05. The average Bonchev–Trinajstić information content (AvgIpc) is 3.37. The van der Waals surface area contributed by atoms with Crippen LogP contribution in [0, 0.1) is 5.82 Å². The number of hydrogen-bond donors (Lipinski definition) is 1. The van der Waals surface area contributed by atoms with E-state index in [-0.39, 0.29) is 24.0 Å². The van der Waals surface area contributed by atoms with Crippen molar-refractivity contribution >= 4 is 6.09 Å². The lowest BCUT2D eigenvalue weighted by Crippen LogP contribution is -2.52. The molecule has 1 saturated heterocycles. The zero-order chi connectivity index (χ0) is 22.0. The predicted molar refractivity (Wildman–Crippen MR) is 117 cm³/mol. The van der Waals surface area contributed by atoms with Gasteiger partial charge in [-0.3, -0.25) is 9.58 Å². The van der Waals surface area contributed by atoms with Crippen LogP contribution < -0.4 is 5.32 Å². The van der Waals surface area contributed by atoms with Gasteiger partial charge in [-0.1, -0.05) is 12.1 Å². The van der Waals surface area contributed by atoms with E-state index in [9.17, 15) is 9.18 Å². The third-order valence-electron chi connectivity index (χ3n) is 6.34. The molecule has 1 amide bonds. The molecule has 1 aromatic heterocycles. The molecule has 0 bridgehead atoms. The molecule has 0 radical (unpaired) electrons. The Bertz CT molecular complexity index is 863. The zero-order valence-electron chi connectivity index (χ0n) is 18.6. The van der Waals surface area contributed by atoms with Crippen LogP contribution in [0.25, 0.3) is 0 Å². The van der Waals surface area contributed by atoms with Crippen LogP contribution in [0.2, 0.25) is 0 Å². The minimum atomic E-state index is -0.503. The van der Waals surface area contributed by atoms with Gasteiger partial charge in [0.05, 0.1) is 6.04 Å². The van der Waals surface area contributed by atoms with Gasteiger partial charge in [-0.2, -0.15) is 5.10 Å². The van der Waals surface area contributed by atoms with Crippen LogP contribution in [0.15, 0.2) is 42.7 Å². The number of carbonyl (C=O) groups excluding carboxylic acids is 1. The molecule has 4 rings (SSSR count). The second kappa shape index (κ2) is 8.99. The summed E-state index contributed by atoms with van der Waals surface area (Å²) in [6.07, 6.45) is 7.46. The normalized spacial score (nSPS) is 27.2. The van der Waals surface area contributed by atoms with Crippen LogP contribution in [0.5, 0.6) is 0 Å². The predicted octanol–water partition coefficient (Wildman–Crippen LogP) is 4.50. The monoisotopic (exact) mass is 428 g/mol. The van der Waals surface area contributed by atoms with Gasteiger partial charge in [0.1, 0.15) is 11.4 Å². The van der Waals surface area contributed by atoms with Crippen LogP contribution in [0.3, 0.4) is 0 Å². The molecule has 0 spiro atoms. The molecule has 1 aromatic carbocycles. The number of likely N-dealkylation sites (tertiary alicyclic amines) is 1. The lowest BCUT2D eigenvalue weighted by atomic mass is 9.97. The van der Waals surface area contributed by atoms with E-state index in [4.69, 9.17) is 4.74 Å². The molecule has 1 saturated carbocycles. The van der Waals surface area contributed by atoms with E-state index in [2.05, 4.69) is 20.0 Å². The molecule has 3 unspecified atom stereocenters. The molecule has 2 fully saturated rings. The SMILES string of the molecule is CC(C)(C)OC(=O)N[C@@H]1CCCN(C2CC(c3ccc(F)cc3)CC2n2cccn2)C1. The highest BCUT2D eigenvalue weighted by Gasteiger charge is 2.41. The van der Waals surface area contributed by atoms with Crippen LogP contribution in [-0.4, -0.2) is 51.5 Å². The number of nitrogens with one attached hydrogen (secondary N) is 1. The summed E-state index contributed by atoms with van der Waals surface area (Å²) in [6, 6.07) is 9.53. The van der Waals surface area contributed by atoms with Gasteiger partial charge in [-0.05, 0) is 82.7 Å². The van der Waals surface area contributed by atoms with E-state index >= 15 is 0 Å². The Hall–Kier alpha value is -2.41. The summed E-state index contributed by atoms with van der Waals surface area (Å²) in [6.45, 7) is 7.44. The Balaban J connectivity index is 1.47. The number of alkyl carbamates (subject to hydrolysis) is 1. The van der Waals surface area contributed by atoms with E-state index in [0.717, 1.165) is 38.8 Å². The maximum atomic E-state index is 13.4. The molecule has 6 nitrogen and oxygen atoms in total. The molecule has 2 aliphatic rings. The van der Waals surface area contributed by atoms with Crippen molar-refractivity contribution in [2.45, 2.75) is 76.1 Å². The smallest absolute Gasteiger partial charge is 0.407 e. The molecule has 31 heavy (non-hydrogen) atoms. The zero-order valence-corrected chi connectivity index (χ0v) is 18.6. The number of piperidine rings is 1. The molecular formula is C24H33FN4O2. The first-order valence-corrected chi connectivity index (χ1v) is 11.3. The van der Waals surface area contributed by atoms with Crippen molar-refractivity contribution in [3.63, 3.8) is 0 Å². The molecule has 1 aliphatic heterocycles. The van der Waals surface area contributed by atoms with E-state index in [1.807, 2.05) is 51.4 Å². The average molecular weight is 429 g/mol. The maximum Gasteiger partial charge on any atom is 0.407 e. The largest absolute Gasteiger partial charge is 0.444 e. The summed E-state index contributed by atoms with van der Waals surface area (Å²) in [4.78, 5) is 14.8. The van der Waals surface area contributed by atoms with Crippen molar-refractivity contribution < 1.29 is 13.9 Å².